The molecule has 0 bridgehead atoms. The summed E-state index contributed by atoms with van der Waals surface area (Å²) in [6.07, 6.45) is 0.521. The summed E-state index contributed by atoms with van der Waals surface area (Å²) in [5.74, 6) is 0.951. The number of methoxy groups -OCH3 is 2. The minimum atomic E-state index is -0.565. The Labute approximate surface area is 175 Å². The number of ether oxygens (including phenoxy) is 4. The number of nitrogens with zero attached hydrogens (tertiary/aromatic N) is 1. The van der Waals surface area contributed by atoms with Gasteiger partial charge in [0.25, 0.3) is 5.56 Å². The summed E-state index contributed by atoms with van der Waals surface area (Å²) < 4.78 is 22.1. The number of hydrogen-bond acceptors (Lipinski definition) is 7. The number of allylic oxidation sites excluding steroid dienone is 1. The van der Waals surface area contributed by atoms with E-state index in [2.05, 4.69) is 16.6 Å². The van der Waals surface area contributed by atoms with Crippen molar-refractivity contribution in [2.75, 3.05) is 27.9 Å². The van der Waals surface area contributed by atoms with Gasteiger partial charge in [-0.25, -0.2) is 0 Å². The first-order valence-corrected chi connectivity index (χ1v) is 9.53. The van der Waals surface area contributed by atoms with Crippen molar-refractivity contribution in [1.82, 2.24) is 4.98 Å². The van der Waals surface area contributed by atoms with Crippen LogP contribution in [0.4, 0.5) is 0 Å². The predicted octanol–water partition coefficient (Wildman–Crippen LogP) is 3.62. The number of aromatic hydroxyl groups is 1. The highest BCUT2D eigenvalue weighted by Gasteiger charge is 2.27. The van der Waals surface area contributed by atoms with Crippen molar-refractivity contribution in [3.8, 4) is 28.4 Å². The maximum atomic E-state index is 12.9. The molecule has 0 unspecified atom stereocenters. The molecule has 0 aliphatic rings. The van der Waals surface area contributed by atoms with Gasteiger partial charge in [0, 0.05) is 20.1 Å². The Morgan fingerprint density at radius 2 is 1.80 bits per heavy atom. The van der Waals surface area contributed by atoms with E-state index in [1.54, 1.807) is 18.2 Å². The van der Waals surface area contributed by atoms with Crippen LogP contribution >= 0.6 is 0 Å². The van der Waals surface area contributed by atoms with Crippen LogP contribution in [0.15, 0.2) is 40.3 Å². The molecule has 30 heavy (non-hydrogen) atoms. The molecule has 0 fully saturated rings. The highest BCUT2D eigenvalue weighted by Crippen LogP contribution is 2.44. The molecule has 0 saturated heterocycles. The highest BCUT2D eigenvalue weighted by atomic mass is 16.5. The van der Waals surface area contributed by atoms with Crippen molar-refractivity contribution in [3.05, 3.63) is 52.1 Å². The number of aliphatic imine (C=N–C) groups is 1. The third kappa shape index (κ3) is 4.65. The summed E-state index contributed by atoms with van der Waals surface area (Å²) in [5, 5.41) is 11.3. The van der Waals surface area contributed by atoms with E-state index in [0.717, 1.165) is 0 Å². The van der Waals surface area contributed by atoms with E-state index in [0.29, 0.717) is 47.1 Å². The van der Waals surface area contributed by atoms with E-state index in [-0.39, 0.29) is 23.8 Å². The molecule has 0 atom stereocenters. The van der Waals surface area contributed by atoms with Crippen LogP contribution in [0.5, 0.6) is 17.2 Å². The van der Waals surface area contributed by atoms with E-state index in [1.165, 1.54) is 21.3 Å². The number of H-pyrrole nitrogens is 1. The van der Waals surface area contributed by atoms with Gasteiger partial charge in [0.15, 0.2) is 0 Å². The fourth-order valence-electron chi connectivity index (χ4n) is 2.93. The van der Waals surface area contributed by atoms with Crippen LogP contribution in [0.3, 0.4) is 0 Å². The minimum absolute atomic E-state index is 0.0429. The van der Waals surface area contributed by atoms with Crippen molar-refractivity contribution < 1.29 is 24.1 Å². The summed E-state index contributed by atoms with van der Waals surface area (Å²) in [4.78, 5) is 19.7. The van der Waals surface area contributed by atoms with Crippen LogP contribution in [0.1, 0.15) is 31.5 Å². The lowest BCUT2D eigenvalue weighted by Crippen LogP contribution is -2.23. The van der Waals surface area contributed by atoms with E-state index >= 15 is 0 Å². The third-order valence-electron chi connectivity index (χ3n) is 4.45. The summed E-state index contributed by atoms with van der Waals surface area (Å²) in [5.41, 5.74) is 0.464. The predicted molar refractivity (Wildman–Crippen MR) is 116 cm³/mol. The first kappa shape index (κ1) is 23.0. The molecule has 2 aromatic rings. The Bertz CT molecular complexity index is 972. The molecule has 1 aromatic carbocycles. The zero-order valence-corrected chi connectivity index (χ0v) is 18.0. The van der Waals surface area contributed by atoms with Gasteiger partial charge < -0.3 is 29.0 Å². The molecular weight excluding hydrogens is 388 g/mol. The average Bonchev–Trinajstić information content (AvgIpc) is 2.76. The zero-order valence-electron chi connectivity index (χ0n) is 18.0. The molecule has 0 amide bonds. The highest BCUT2D eigenvalue weighted by molar-refractivity contribution is 6.00. The fraction of sp³-hybridized carbons (Fsp3) is 0.364. The normalized spacial score (nSPS) is 11.3. The lowest BCUT2D eigenvalue weighted by atomic mass is 9.98. The maximum absolute atomic E-state index is 12.9. The van der Waals surface area contributed by atoms with E-state index in [4.69, 9.17) is 18.9 Å². The number of rotatable bonds is 9. The standard InChI is InChI=1S/C22H28N2O6/c1-7-13(3)30-22(23-4)19-20(25)17(14(12-29-8-2)24-21(19)26)18-15(27-5)10-9-11-16(18)28-6/h9-11H,3,7-8,12H2,1-2,4-6H3,(H2,24,25,26). The molecule has 2 N–H and O–H groups in total. The zero-order chi connectivity index (χ0) is 22.3. The van der Waals surface area contributed by atoms with Crippen molar-refractivity contribution in [2.24, 2.45) is 4.99 Å². The molecule has 0 radical (unpaired) electrons. The first-order chi connectivity index (χ1) is 14.4. The molecule has 8 heteroatoms. The van der Waals surface area contributed by atoms with Gasteiger partial charge in [-0.1, -0.05) is 19.6 Å². The van der Waals surface area contributed by atoms with Crippen LogP contribution in [0.25, 0.3) is 11.1 Å². The number of pyridine rings is 1. The van der Waals surface area contributed by atoms with Gasteiger partial charge in [0.05, 0.1) is 43.4 Å². The summed E-state index contributed by atoms with van der Waals surface area (Å²) >= 11 is 0. The Balaban J connectivity index is 2.88. The molecule has 0 spiro atoms. The Morgan fingerprint density at radius 1 is 1.17 bits per heavy atom. The second kappa shape index (κ2) is 10.5. The van der Waals surface area contributed by atoms with Crippen LogP contribution in [0, 0.1) is 0 Å². The lowest BCUT2D eigenvalue weighted by Gasteiger charge is -2.19. The van der Waals surface area contributed by atoms with E-state index < -0.39 is 5.56 Å². The minimum Gasteiger partial charge on any atom is -0.506 e. The van der Waals surface area contributed by atoms with Gasteiger partial charge in [-0.3, -0.25) is 9.79 Å². The second-order valence-electron chi connectivity index (χ2n) is 6.23. The van der Waals surface area contributed by atoms with E-state index in [9.17, 15) is 9.90 Å². The quantitative estimate of drug-likeness (QED) is 0.368. The van der Waals surface area contributed by atoms with E-state index in [1.807, 2.05) is 13.8 Å². The Hall–Kier alpha value is -3.26. The smallest absolute Gasteiger partial charge is 0.264 e. The fourth-order valence-corrected chi connectivity index (χ4v) is 2.93. The van der Waals surface area contributed by atoms with Crippen LogP contribution < -0.4 is 15.0 Å². The molecular formula is C22H28N2O6. The molecule has 1 heterocycles. The largest absolute Gasteiger partial charge is 0.506 e. The van der Waals surface area contributed by atoms with Crippen molar-refractivity contribution in [3.63, 3.8) is 0 Å². The van der Waals surface area contributed by atoms with Crippen molar-refractivity contribution in [2.45, 2.75) is 26.9 Å². The topological polar surface area (TPSA) is 102 Å². The van der Waals surface area contributed by atoms with Gasteiger partial charge in [-0.15, -0.1) is 0 Å². The van der Waals surface area contributed by atoms with Gasteiger partial charge in [0.2, 0.25) is 5.90 Å². The number of aromatic nitrogens is 1. The van der Waals surface area contributed by atoms with Gasteiger partial charge in [0.1, 0.15) is 22.8 Å². The number of nitrogens with one attached hydrogen (secondary N) is 1. The molecule has 8 nitrogen and oxygen atoms in total. The number of aromatic amines is 1. The first-order valence-electron chi connectivity index (χ1n) is 9.53. The molecule has 162 valence electrons. The van der Waals surface area contributed by atoms with Gasteiger partial charge in [-0.2, -0.15) is 0 Å². The molecule has 0 aliphatic carbocycles. The number of hydrogen-bond donors (Lipinski definition) is 2. The van der Waals surface area contributed by atoms with Gasteiger partial charge >= 0.3 is 0 Å². The molecule has 2 rings (SSSR count). The summed E-state index contributed by atoms with van der Waals surface area (Å²) in [7, 11) is 4.49. The summed E-state index contributed by atoms with van der Waals surface area (Å²) in [6.45, 7) is 7.97. The summed E-state index contributed by atoms with van der Waals surface area (Å²) in [6, 6.07) is 5.23. The van der Waals surface area contributed by atoms with Crippen molar-refractivity contribution in [1.29, 1.82) is 0 Å². The monoisotopic (exact) mass is 416 g/mol. The second-order valence-corrected chi connectivity index (χ2v) is 6.23. The SMILES string of the molecule is C=C(CC)OC(=NC)c1c(O)c(-c2c(OC)cccc2OC)c(COCC)[nH]c1=O. The molecule has 1 aromatic heterocycles. The molecule has 0 aliphatic heterocycles. The Kier molecular flexibility index (Phi) is 8.06. The van der Waals surface area contributed by atoms with Crippen LogP contribution in [0.2, 0.25) is 0 Å². The molecule has 0 saturated carbocycles. The maximum Gasteiger partial charge on any atom is 0.264 e. The third-order valence-corrected chi connectivity index (χ3v) is 4.45. The Morgan fingerprint density at radius 3 is 2.30 bits per heavy atom. The lowest BCUT2D eigenvalue weighted by molar-refractivity contribution is 0.131. The average molecular weight is 416 g/mol. The van der Waals surface area contributed by atoms with Gasteiger partial charge in [-0.05, 0) is 19.1 Å². The van der Waals surface area contributed by atoms with Crippen molar-refractivity contribution >= 4 is 5.90 Å². The van der Waals surface area contributed by atoms with Crippen LogP contribution in [-0.4, -0.2) is 43.9 Å². The van der Waals surface area contributed by atoms with Crippen LogP contribution in [-0.2, 0) is 16.1 Å². The number of benzene rings is 1.